The van der Waals surface area contributed by atoms with Crippen molar-refractivity contribution in [1.82, 2.24) is 0 Å². The average Bonchev–Trinajstić information content (AvgIpc) is 2.62. The van der Waals surface area contributed by atoms with E-state index in [0.717, 1.165) is 12.8 Å². The van der Waals surface area contributed by atoms with Gasteiger partial charge in [0.05, 0.1) is 6.61 Å². The Morgan fingerprint density at radius 2 is 1.63 bits per heavy atom. The largest absolute Gasteiger partial charge is 0.469 e. The van der Waals surface area contributed by atoms with Crippen LogP contribution in [0.4, 0.5) is 5.69 Å². The maximum atomic E-state index is 11.9. The van der Waals surface area contributed by atoms with Crippen LogP contribution < -0.4 is 11.1 Å². The van der Waals surface area contributed by atoms with E-state index in [2.05, 4.69) is 16.8 Å². The summed E-state index contributed by atoms with van der Waals surface area (Å²) in [5.41, 5.74) is 7.36. The van der Waals surface area contributed by atoms with E-state index in [4.69, 9.17) is 15.5 Å². The molecular weight excluding hydrogens is 367 g/mol. The van der Waals surface area contributed by atoms with E-state index in [1.807, 2.05) is 12.1 Å². The second kappa shape index (κ2) is 13.0. The number of benzene rings is 1. The number of nitrogens with one attached hydrogen (secondary N) is 1. The molecule has 0 aliphatic carbocycles. The molecule has 154 valence electrons. The number of aryl methyl sites for hydroxylation is 1. The minimum absolute atomic E-state index is 0.549. The van der Waals surface area contributed by atoms with Crippen LogP contribution in [0.2, 0.25) is 0 Å². The van der Waals surface area contributed by atoms with Gasteiger partial charge in [0, 0.05) is 5.69 Å². The molecule has 0 heterocycles. The molecule has 1 aromatic carbocycles. The molecule has 0 aromatic heterocycles. The molecule has 0 unspecified atom stereocenters. The van der Waals surface area contributed by atoms with Crippen molar-refractivity contribution in [1.29, 1.82) is 0 Å². The van der Waals surface area contributed by atoms with Crippen molar-refractivity contribution in [2.45, 2.75) is 70.8 Å². The summed E-state index contributed by atoms with van der Waals surface area (Å²) >= 11 is 0. The molecule has 0 aliphatic heterocycles. The molecule has 1 rings (SSSR count). The lowest BCUT2D eigenvalue weighted by Crippen LogP contribution is -2.39. The standard InChI is InChI=1S/C19H33N2O5P/c1-2-3-4-5-6-7-8-9-10-16-11-13-17(14-12-16)21-19(22)18(20)15-26-27(23,24)25/h11-14,18H,2-10,15,20H2,1H3,(H,21,22)(H2,23,24,25)/t18-/m1/s1. The molecule has 1 amide bonds. The normalized spacial score (nSPS) is 12.7. The molecule has 5 N–H and O–H groups in total. The fraction of sp³-hybridized carbons (Fsp3) is 0.632. The van der Waals surface area contributed by atoms with Crippen molar-refractivity contribution in [2.75, 3.05) is 11.9 Å². The number of phosphoric ester groups is 1. The maximum Gasteiger partial charge on any atom is 0.469 e. The zero-order valence-corrected chi connectivity index (χ0v) is 17.0. The van der Waals surface area contributed by atoms with Crippen LogP contribution in [0.3, 0.4) is 0 Å². The summed E-state index contributed by atoms with van der Waals surface area (Å²) < 4.78 is 14.9. The van der Waals surface area contributed by atoms with Crippen LogP contribution >= 0.6 is 7.82 Å². The number of unbranched alkanes of at least 4 members (excludes halogenated alkanes) is 7. The Balaban J connectivity index is 2.25. The Morgan fingerprint density at radius 3 is 2.19 bits per heavy atom. The number of carbonyl (C=O) groups is 1. The zero-order chi connectivity index (χ0) is 20.1. The second-order valence-electron chi connectivity index (χ2n) is 6.80. The topological polar surface area (TPSA) is 122 Å². The Kier molecular flexibility index (Phi) is 11.5. The highest BCUT2D eigenvalue weighted by atomic mass is 31.2. The highest BCUT2D eigenvalue weighted by Crippen LogP contribution is 2.35. The van der Waals surface area contributed by atoms with Crippen LogP contribution in [0.15, 0.2) is 24.3 Å². The quantitative estimate of drug-likeness (QED) is 0.279. The number of hydrogen-bond acceptors (Lipinski definition) is 4. The first-order valence-corrected chi connectivity index (χ1v) is 11.2. The van der Waals surface area contributed by atoms with Gasteiger partial charge in [0.25, 0.3) is 0 Å². The van der Waals surface area contributed by atoms with Gasteiger partial charge in [-0.15, -0.1) is 0 Å². The van der Waals surface area contributed by atoms with Crippen LogP contribution in [-0.4, -0.2) is 28.3 Å². The van der Waals surface area contributed by atoms with Crippen molar-refractivity contribution in [2.24, 2.45) is 5.73 Å². The van der Waals surface area contributed by atoms with E-state index in [0.29, 0.717) is 5.69 Å². The summed E-state index contributed by atoms with van der Waals surface area (Å²) in [5.74, 6) is -0.556. The second-order valence-corrected chi connectivity index (χ2v) is 8.04. The van der Waals surface area contributed by atoms with E-state index in [1.165, 1.54) is 50.5 Å². The van der Waals surface area contributed by atoms with Crippen LogP contribution in [0.1, 0.15) is 63.9 Å². The van der Waals surface area contributed by atoms with Gasteiger partial charge in [-0.3, -0.25) is 9.32 Å². The van der Waals surface area contributed by atoms with E-state index < -0.39 is 26.4 Å². The summed E-state index contributed by atoms with van der Waals surface area (Å²) in [6.45, 7) is 1.68. The van der Waals surface area contributed by atoms with Crippen LogP contribution in [0.5, 0.6) is 0 Å². The SMILES string of the molecule is CCCCCCCCCCc1ccc(NC(=O)[C@H](N)COP(=O)(O)O)cc1. The lowest BCUT2D eigenvalue weighted by molar-refractivity contribution is -0.118. The van der Waals surface area contributed by atoms with Gasteiger partial charge in [-0.05, 0) is 30.5 Å². The van der Waals surface area contributed by atoms with Crippen molar-refractivity contribution in [3.8, 4) is 0 Å². The Bertz CT molecular complexity index is 588. The molecule has 1 atom stereocenters. The molecule has 0 fully saturated rings. The monoisotopic (exact) mass is 400 g/mol. The molecule has 0 saturated carbocycles. The molecule has 1 aromatic rings. The van der Waals surface area contributed by atoms with Crippen LogP contribution in [-0.2, 0) is 20.3 Å². The summed E-state index contributed by atoms with van der Waals surface area (Å²) in [7, 11) is -4.63. The van der Waals surface area contributed by atoms with Crippen molar-refractivity contribution in [3.05, 3.63) is 29.8 Å². The summed E-state index contributed by atoms with van der Waals surface area (Å²) in [5, 5.41) is 2.61. The predicted octanol–water partition coefficient (Wildman–Crippen LogP) is 3.74. The minimum atomic E-state index is -4.63. The molecule has 0 spiro atoms. The van der Waals surface area contributed by atoms with Crippen molar-refractivity contribution in [3.63, 3.8) is 0 Å². The molecule has 8 heteroatoms. The van der Waals surface area contributed by atoms with Gasteiger partial charge in [0.1, 0.15) is 6.04 Å². The minimum Gasteiger partial charge on any atom is -0.325 e. The van der Waals surface area contributed by atoms with Gasteiger partial charge in [-0.2, -0.15) is 0 Å². The first kappa shape index (κ1) is 23.8. The van der Waals surface area contributed by atoms with Gasteiger partial charge >= 0.3 is 7.82 Å². The smallest absolute Gasteiger partial charge is 0.325 e. The number of phosphoric acid groups is 1. The first-order valence-electron chi connectivity index (χ1n) is 9.67. The summed E-state index contributed by atoms with van der Waals surface area (Å²) in [6.07, 6.45) is 11.3. The summed E-state index contributed by atoms with van der Waals surface area (Å²) in [6, 6.07) is 6.38. The fourth-order valence-corrected chi connectivity index (χ4v) is 3.06. The fourth-order valence-electron chi connectivity index (χ4n) is 2.71. The third-order valence-electron chi connectivity index (χ3n) is 4.30. The van der Waals surface area contributed by atoms with Gasteiger partial charge in [0.15, 0.2) is 0 Å². The molecule has 7 nitrogen and oxygen atoms in total. The maximum absolute atomic E-state index is 11.9. The Morgan fingerprint density at radius 1 is 1.07 bits per heavy atom. The predicted molar refractivity (Wildman–Crippen MR) is 107 cm³/mol. The third kappa shape index (κ3) is 12.0. The number of anilines is 1. The molecular formula is C19H33N2O5P. The summed E-state index contributed by atoms with van der Waals surface area (Å²) in [4.78, 5) is 29.1. The zero-order valence-electron chi connectivity index (χ0n) is 16.1. The number of hydrogen-bond donors (Lipinski definition) is 4. The van der Waals surface area contributed by atoms with Crippen LogP contribution in [0, 0.1) is 0 Å². The highest BCUT2D eigenvalue weighted by molar-refractivity contribution is 7.46. The first-order chi connectivity index (χ1) is 12.8. The Labute approximate surface area is 161 Å². The third-order valence-corrected chi connectivity index (χ3v) is 4.78. The molecule has 0 aliphatic rings. The molecule has 0 radical (unpaired) electrons. The van der Waals surface area contributed by atoms with Gasteiger partial charge in [0.2, 0.25) is 5.91 Å². The molecule has 0 bridgehead atoms. The lowest BCUT2D eigenvalue weighted by atomic mass is 10.0. The van der Waals surface area contributed by atoms with E-state index >= 15 is 0 Å². The van der Waals surface area contributed by atoms with E-state index in [9.17, 15) is 9.36 Å². The van der Waals surface area contributed by atoms with Crippen molar-refractivity contribution < 1.29 is 23.7 Å². The molecule has 0 saturated heterocycles. The lowest BCUT2D eigenvalue weighted by Gasteiger charge is -2.13. The van der Waals surface area contributed by atoms with Gasteiger partial charge in [-0.25, -0.2) is 4.57 Å². The van der Waals surface area contributed by atoms with Crippen molar-refractivity contribution >= 4 is 19.4 Å². The number of rotatable bonds is 14. The highest BCUT2D eigenvalue weighted by Gasteiger charge is 2.20. The van der Waals surface area contributed by atoms with Gasteiger partial charge < -0.3 is 20.8 Å². The number of carbonyl (C=O) groups excluding carboxylic acids is 1. The van der Waals surface area contributed by atoms with E-state index in [-0.39, 0.29) is 0 Å². The average molecular weight is 400 g/mol. The Hall–Kier alpha value is -1.24. The number of amides is 1. The van der Waals surface area contributed by atoms with Gasteiger partial charge in [-0.1, -0.05) is 64.0 Å². The van der Waals surface area contributed by atoms with Crippen LogP contribution in [0.25, 0.3) is 0 Å². The van der Waals surface area contributed by atoms with E-state index in [1.54, 1.807) is 12.1 Å². The number of nitrogens with two attached hydrogens (primary N) is 1. The molecule has 27 heavy (non-hydrogen) atoms.